The maximum atomic E-state index is 12.4. The molecule has 2 aromatic carbocycles. The Labute approximate surface area is 136 Å². The van der Waals surface area contributed by atoms with Crippen LogP contribution in [0.25, 0.3) is 0 Å². The molecule has 0 aromatic heterocycles. The van der Waals surface area contributed by atoms with Crippen molar-refractivity contribution < 1.29 is 18.3 Å². The van der Waals surface area contributed by atoms with E-state index in [4.69, 9.17) is 0 Å². The molecule has 122 valence electrons. The van der Waals surface area contributed by atoms with Crippen LogP contribution in [0, 0.1) is 5.92 Å². The Balaban J connectivity index is 2.17. The second-order valence-electron chi connectivity index (χ2n) is 5.68. The van der Waals surface area contributed by atoms with Gasteiger partial charge in [-0.1, -0.05) is 67.6 Å². The number of sulfone groups is 1. The van der Waals surface area contributed by atoms with Crippen molar-refractivity contribution in [2.45, 2.75) is 18.6 Å². The largest absolute Gasteiger partial charge is 0.481 e. The number of carbonyl (C=O) groups is 1. The molecule has 0 aliphatic carbocycles. The summed E-state index contributed by atoms with van der Waals surface area (Å²) in [7, 11) is -3.51. The molecule has 2 aromatic rings. The van der Waals surface area contributed by atoms with Crippen molar-refractivity contribution in [1.29, 1.82) is 0 Å². The fraction of sp³-hybridized carbons (Fsp3) is 0.278. The van der Waals surface area contributed by atoms with E-state index in [0.717, 1.165) is 5.56 Å². The molecule has 2 atom stereocenters. The van der Waals surface area contributed by atoms with Crippen LogP contribution >= 0.6 is 0 Å². The summed E-state index contributed by atoms with van der Waals surface area (Å²) in [5.74, 6) is -2.93. The molecule has 0 bridgehead atoms. The summed E-state index contributed by atoms with van der Waals surface area (Å²) >= 11 is 0. The number of hydrogen-bond acceptors (Lipinski definition) is 3. The minimum absolute atomic E-state index is 0.140. The summed E-state index contributed by atoms with van der Waals surface area (Å²) in [5.41, 5.74) is 1.50. The van der Waals surface area contributed by atoms with Gasteiger partial charge in [-0.3, -0.25) is 4.79 Å². The number of carboxylic acids is 1. The van der Waals surface area contributed by atoms with Crippen LogP contribution in [-0.2, 0) is 20.4 Å². The molecule has 0 amide bonds. The van der Waals surface area contributed by atoms with Gasteiger partial charge in [-0.05, 0) is 17.0 Å². The predicted molar refractivity (Wildman–Crippen MR) is 89.9 cm³/mol. The van der Waals surface area contributed by atoms with Gasteiger partial charge in [-0.25, -0.2) is 8.42 Å². The Morgan fingerprint density at radius 1 is 1.00 bits per heavy atom. The van der Waals surface area contributed by atoms with Crippen LogP contribution in [-0.4, -0.2) is 25.2 Å². The van der Waals surface area contributed by atoms with E-state index in [0.29, 0.717) is 5.56 Å². The van der Waals surface area contributed by atoms with Crippen LogP contribution in [0.1, 0.15) is 24.0 Å². The van der Waals surface area contributed by atoms with Gasteiger partial charge in [0, 0.05) is 0 Å². The molecule has 5 heteroatoms. The molecule has 0 aliphatic rings. The zero-order valence-electron chi connectivity index (χ0n) is 12.9. The molecule has 0 aliphatic heterocycles. The third-order valence-corrected chi connectivity index (χ3v) is 5.55. The van der Waals surface area contributed by atoms with Crippen LogP contribution in [0.3, 0.4) is 0 Å². The third kappa shape index (κ3) is 4.93. The maximum Gasteiger partial charge on any atom is 0.308 e. The summed E-state index contributed by atoms with van der Waals surface area (Å²) in [6, 6.07) is 18.0. The Morgan fingerprint density at radius 2 is 1.52 bits per heavy atom. The van der Waals surface area contributed by atoms with E-state index < -0.39 is 21.7 Å². The minimum Gasteiger partial charge on any atom is -0.481 e. The molecule has 0 saturated carbocycles. The first kappa shape index (κ1) is 17.2. The van der Waals surface area contributed by atoms with Gasteiger partial charge in [0.25, 0.3) is 0 Å². The highest BCUT2D eigenvalue weighted by atomic mass is 32.2. The Bertz CT molecular complexity index is 739. The summed E-state index contributed by atoms with van der Waals surface area (Å²) in [6.07, 6.45) is 0. The van der Waals surface area contributed by atoms with Gasteiger partial charge in [0.05, 0.1) is 17.4 Å². The second kappa shape index (κ2) is 7.42. The molecule has 0 radical (unpaired) electrons. The lowest BCUT2D eigenvalue weighted by molar-refractivity contribution is -0.141. The topological polar surface area (TPSA) is 71.4 Å². The molecular formula is C18H20O4S. The first-order valence-corrected chi connectivity index (χ1v) is 9.23. The van der Waals surface area contributed by atoms with E-state index >= 15 is 0 Å². The van der Waals surface area contributed by atoms with Crippen molar-refractivity contribution in [2.24, 2.45) is 5.92 Å². The fourth-order valence-electron chi connectivity index (χ4n) is 2.58. The first-order chi connectivity index (χ1) is 10.9. The molecule has 0 unspecified atom stereocenters. The van der Waals surface area contributed by atoms with E-state index in [9.17, 15) is 18.3 Å². The molecule has 0 heterocycles. The molecule has 0 spiro atoms. The molecule has 0 saturated heterocycles. The summed E-state index contributed by atoms with van der Waals surface area (Å²) in [4.78, 5) is 11.6. The lowest BCUT2D eigenvalue weighted by Crippen LogP contribution is -2.29. The van der Waals surface area contributed by atoms with Gasteiger partial charge in [0.15, 0.2) is 9.84 Å². The lowest BCUT2D eigenvalue weighted by Gasteiger charge is -2.20. The van der Waals surface area contributed by atoms with Crippen molar-refractivity contribution in [3.8, 4) is 0 Å². The van der Waals surface area contributed by atoms with E-state index in [1.54, 1.807) is 31.2 Å². The smallest absolute Gasteiger partial charge is 0.308 e. The summed E-state index contributed by atoms with van der Waals surface area (Å²) in [5, 5.41) is 9.47. The highest BCUT2D eigenvalue weighted by Gasteiger charge is 2.31. The standard InChI is InChI=1S/C18H20O4S/c1-14(16-10-6-3-7-11-16)17(18(19)20)13-23(21,22)12-15-8-4-2-5-9-15/h2-11,14,17H,12-13H2,1H3,(H,19,20)/t14-,17-/m1/s1. The summed E-state index contributed by atoms with van der Waals surface area (Å²) in [6.45, 7) is 1.76. The molecule has 23 heavy (non-hydrogen) atoms. The number of benzene rings is 2. The molecule has 0 fully saturated rings. The zero-order chi connectivity index (χ0) is 16.9. The van der Waals surface area contributed by atoms with Gasteiger partial charge in [-0.2, -0.15) is 0 Å². The molecule has 2 rings (SSSR count). The van der Waals surface area contributed by atoms with Gasteiger partial charge in [-0.15, -0.1) is 0 Å². The van der Waals surface area contributed by atoms with Crippen molar-refractivity contribution in [2.75, 3.05) is 5.75 Å². The van der Waals surface area contributed by atoms with Crippen LogP contribution in [0.2, 0.25) is 0 Å². The van der Waals surface area contributed by atoms with E-state index in [1.807, 2.05) is 36.4 Å². The molecule has 1 N–H and O–H groups in total. The van der Waals surface area contributed by atoms with Crippen molar-refractivity contribution >= 4 is 15.8 Å². The normalized spacial score (nSPS) is 14.1. The Hall–Kier alpha value is -2.14. The van der Waals surface area contributed by atoms with Crippen LogP contribution in [0.5, 0.6) is 0 Å². The Kier molecular flexibility index (Phi) is 5.55. The average molecular weight is 332 g/mol. The monoisotopic (exact) mass is 332 g/mol. The zero-order valence-corrected chi connectivity index (χ0v) is 13.7. The minimum atomic E-state index is -3.51. The number of carboxylic acid groups (broad SMARTS) is 1. The van der Waals surface area contributed by atoms with Gasteiger partial charge in [0.1, 0.15) is 0 Å². The molecule has 4 nitrogen and oxygen atoms in total. The highest BCUT2D eigenvalue weighted by molar-refractivity contribution is 7.90. The lowest BCUT2D eigenvalue weighted by atomic mass is 9.89. The first-order valence-electron chi connectivity index (χ1n) is 7.41. The maximum absolute atomic E-state index is 12.4. The fourth-order valence-corrected chi connectivity index (χ4v) is 4.38. The number of hydrogen-bond donors (Lipinski definition) is 1. The van der Waals surface area contributed by atoms with E-state index in [1.165, 1.54) is 0 Å². The predicted octanol–water partition coefficient (Wildman–Crippen LogP) is 3.11. The summed E-state index contributed by atoms with van der Waals surface area (Å²) < 4.78 is 24.8. The number of rotatable bonds is 7. The SMILES string of the molecule is C[C@H](c1ccccc1)[C@@H](CS(=O)(=O)Cc1ccccc1)C(=O)O. The van der Waals surface area contributed by atoms with Crippen molar-refractivity contribution in [3.05, 3.63) is 71.8 Å². The van der Waals surface area contributed by atoms with Gasteiger partial charge in [0.2, 0.25) is 0 Å². The van der Waals surface area contributed by atoms with Crippen LogP contribution < -0.4 is 0 Å². The molecular weight excluding hydrogens is 312 g/mol. The van der Waals surface area contributed by atoms with Crippen LogP contribution in [0.15, 0.2) is 60.7 Å². The number of aliphatic carboxylic acids is 1. The quantitative estimate of drug-likeness (QED) is 0.845. The van der Waals surface area contributed by atoms with Crippen molar-refractivity contribution in [1.82, 2.24) is 0 Å². The van der Waals surface area contributed by atoms with Gasteiger partial charge < -0.3 is 5.11 Å². The van der Waals surface area contributed by atoms with Crippen molar-refractivity contribution in [3.63, 3.8) is 0 Å². The highest BCUT2D eigenvalue weighted by Crippen LogP contribution is 2.26. The average Bonchev–Trinajstić information content (AvgIpc) is 2.53. The van der Waals surface area contributed by atoms with E-state index in [-0.39, 0.29) is 17.4 Å². The van der Waals surface area contributed by atoms with Gasteiger partial charge >= 0.3 is 5.97 Å². The van der Waals surface area contributed by atoms with Crippen LogP contribution in [0.4, 0.5) is 0 Å². The Morgan fingerprint density at radius 3 is 2.04 bits per heavy atom. The third-order valence-electron chi connectivity index (χ3n) is 3.91. The van der Waals surface area contributed by atoms with E-state index in [2.05, 4.69) is 0 Å². The second-order valence-corrected chi connectivity index (χ2v) is 7.79.